The lowest BCUT2D eigenvalue weighted by Crippen LogP contribution is -2.06. The highest BCUT2D eigenvalue weighted by atomic mass is 79.9. The predicted octanol–water partition coefficient (Wildman–Crippen LogP) is 3.74. The van der Waals surface area contributed by atoms with Gasteiger partial charge in [-0.05, 0) is 25.0 Å². The number of carbonyl (C=O) groups is 1. The first-order chi connectivity index (χ1) is 10.2. The van der Waals surface area contributed by atoms with E-state index in [4.69, 9.17) is 0 Å². The first-order valence-corrected chi connectivity index (χ1v) is 8.85. The minimum atomic E-state index is 0.124. The number of aryl methyl sites for hydroxylation is 1. The molecule has 1 aromatic heterocycles. The Morgan fingerprint density at radius 3 is 2.81 bits per heavy atom. The van der Waals surface area contributed by atoms with Crippen LogP contribution in [0.4, 0.5) is 0 Å². The number of aromatic nitrogens is 3. The number of halogens is 1. The number of benzene rings is 1. The highest BCUT2D eigenvalue weighted by Crippen LogP contribution is 2.22. The summed E-state index contributed by atoms with van der Waals surface area (Å²) in [5.41, 5.74) is 0.737. The molecule has 0 bridgehead atoms. The van der Waals surface area contributed by atoms with Gasteiger partial charge >= 0.3 is 0 Å². The molecular weight excluding hydrogens is 350 g/mol. The lowest BCUT2D eigenvalue weighted by Gasteiger charge is -2.06. The van der Waals surface area contributed by atoms with Crippen molar-refractivity contribution >= 4 is 33.5 Å². The van der Waals surface area contributed by atoms with Gasteiger partial charge in [-0.2, -0.15) is 0 Å². The van der Waals surface area contributed by atoms with Gasteiger partial charge in [0.05, 0.1) is 5.75 Å². The maximum absolute atomic E-state index is 12.2. The Hall–Kier alpha value is -1.14. The van der Waals surface area contributed by atoms with Gasteiger partial charge in [-0.3, -0.25) is 4.79 Å². The fourth-order valence-electron chi connectivity index (χ4n) is 2.41. The molecule has 2 aromatic rings. The SMILES string of the molecule is O=C(CSc1nnc2n1CCCCC2)c1ccc(Br)cc1. The summed E-state index contributed by atoms with van der Waals surface area (Å²) >= 11 is 4.86. The molecular formula is C15H16BrN3OS. The fourth-order valence-corrected chi connectivity index (χ4v) is 3.56. The van der Waals surface area contributed by atoms with Gasteiger partial charge in [0.15, 0.2) is 10.9 Å². The molecule has 21 heavy (non-hydrogen) atoms. The summed E-state index contributed by atoms with van der Waals surface area (Å²) in [5.74, 6) is 1.59. The van der Waals surface area contributed by atoms with Crippen molar-refractivity contribution in [3.8, 4) is 0 Å². The molecule has 0 spiro atoms. The Kier molecular flexibility index (Phi) is 4.75. The van der Waals surface area contributed by atoms with Crippen LogP contribution in [0.1, 0.15) is 35.4 Å². The normalized spacial score (nSPS) is 14.5. The molecule has 6 heteroatoms. The van der Waals surface area contributed by atoms with Crippen molar-refractivity contribution in [1.29, 1.82) is 0 Å². The Morgan fingerprint density at radius 2 is 2.00 bits per heavy atom. The van der Waals surface area contributed by atoms with Crippen molar-refractivity contribution in [2.24, 2.45) is 0 Å². The molecule has 3 rings (SSSR count). The number of fused-ring (bicyclic) bond motifs is 1. The summed E-state index contributed by atoms with van der Waals surface area (Å²) < 4.78 is 3.15. The zero-order chi connectivity index (χ0) is 14.7. The van der Waals surface area contributed by atoms with Gasteiger partial charge in [-0.25, -0.2) is 0 Å². The second-order valence-electron chi connectivity index (χ2n) is 5.08. The number of Topliss-reactive ketones (excluding diaryl/α,β-unsaturated/α-hetero) is 1. The van der Waals surface area contributed by atoms with E-state index in [1.165, 1.54) is 31.0 Å². The fraction of sp³-hybridized carbons (Fsp3) is 0.400. The van der Waals surface area contributed by atoms with E-state index in [-0.39, 0.29) is 5.78 Å². The number of rotatable bonds is 4. The third-order valence-corrected chi connectivity index (χ3v) is 5.07. The second-order valence-corrected chi connectivity index (χ2v) is 6.94. The quantitative estimate of drug-likeness (QED) is 0.611. The molecule has 0 N–H and O–H groups in total. The Balaban J connectivity index is 1.66. The topological polar surface area (TPSA) is 47.8 Å². The Morgan fingerprint density at radius 1 is 1.19 bits per heavy atom. The van der Waals surface area contributed by atoms with Crippen molar-refractivity contribution in [1.82, 2.24) is 14.8 Å². The lowest BCUT2D eigenvalue weighted by atomic mass is 10.2. The average Bonchev–Trinajstić information content (AvgIpc) is 2.72. The molecule has 0 unspecified atom stereocenters. The van der Waals surface area contributed by atoms with Crippen molar-refractivity contribution in [3.05, 3.63) is 40.1 Å². The predicted molar refractivity (Wildman–Crippen MR) is 86.8 cm³/mol. The van der Waals surface area contributed by atoms with E-state index in [0.29, 0.717) is 5.75 Å². The van der Waals surface area contributed by atoms with Gasteiger partial charge in [0, 0.05) is 23.0 Å². The molecule has 2 heterocycles. The molecule has 0 fully saturated rings. The zero-order valence-electron chi connectivity index (χ0n) is 11.6. The van der Waals surface area contributed by atoms with Gasteiger partial charge in [0.1, 0.15) is 5.82 Å². The van der Waals surface area contributed by atoms with E-state index >= 15 is 0 Å². The molecule has 0 saturated heterocycles. The summed E-state index contributed by atoms with van der Waals surface area (Å²) in [5, 5.41) is 9.36. The first kappa shape index (κ1) is 14.8. The van der Waals surface area contributed by atoms with Gasteiger partial charge in [0.2, 0.25) is 0 Å². The minimum absolute atomic E-state index is 0.124. The van der Waals surface area contributed by atoms with Crippen LogP contribution < -0.4 is 0 Å². The molecule has 0 aliphatic carbocycles. The molecule has 1 aromatic carbocycles. The molecule has 110 valence electrons. The standard InChI is InChI=1S/C15H16BrN3OS/c16-12-7-5-11(6-8-12)13(20)10-21-15-18-17-14-4-2-1-3-9-19(14)15/h5-8H,1-4,9-10H2. The molecule has 0 amide bonds. The van der Waals surface area contributed by atoms with Crippen LogP contribution in [-0.2, 0) is 13.0 Å². The summed E-state index contributed by atoms with van der Waals surface area (Å²) in [7, 11) is 0. The third-order valence-electron chi connectivity index (χ3n) is 3.57. The maximum Gasteiger partial charge on any atom is 0.191 e. The van der Waals surface area contributed by atoms with Crippen molar-refractivity contribution < 1.29 is 4.79 Å². The lowest BCUT2D eigenvalue weighted by molar-refractivity contribution is 0.102. The first-order valence-electron chi connectivity index (χ1n) is 7.08. The summed E-state index contributed by atoms with van der Waals surface area (Å²) in [6.07, 6.45) is 4.58. The molecule has 4 nitrogen and oxygen atoms in total. The zero-order valence-corrected chi connectivity index (χ0v) is 14.0. The van der Waals surface area contributed by atoms with Gasteiger partial charge in [0.25, 0.3) is 0 Å². The Bertz CT molecular complexity index is 639. The van der Waals surface area contributed by atoms with Crippen LogP contribution in [0.5, 0.6) is 0 Å². The Labute approximate surface area is 136 Å². The number of hydrogen-bond acceptors (Lipinski definition) is 4. The number of nitrogens with zero attached hydrogens (tertiary/aromatic N) is 3. The van der Waals surface area contributed by atoms with Gasteiger partial charge < -0.3 is 4.57 Å². The van der Waals surface area contributed by atoms with E-state index in [1.54, 1.807) is 0 Å². The molecule has 0 saturated carbocycles. The van der Waals surface area contributed by atoms with E-state index in [0.717, 1.165) is 34.0 Å². The number of ketones is 1. The van der Waals surface area contributed by atoms with Gasteiger partial charge in [-0.15, -0.1) is 10.2 Å². The minimum Gasteiger partial charge on any atom is -0.306 e. The average molecular weight is 366 g/mol. The number of thioether (sulfide) groups is 1. The van der Waals surface area contributed by atoms with Crippen LogP contribution in [0.3, 0.4) is 0 Å². The monoisotopic (exact) mass is 365 g/mol. The van der Waals surface area contributed by atoms with E-state index in [9.17, 15) is 4.79 Å². The summed E-state index contributed by atoms with van der Waals surface area (Å²) in [4.78, 5) is 12.2. The van der Waals surface area contributed by atoms with Crippen LogP contribution in [0.15, 0.2) is 33.9 Å². The van der Waals surface area contributed by atoms with E-state index < -0.39 is 0 Å². The van der Waals surface area contributed by atoms with Crippen LogP contribution in [0.25, 0.3) is 0 Å². The van der Waals surface area contributed by atoms with E-state index in [2.05, 4.69) is 30.7 Å². The van der Waals surface area contributed by atoms with Crippen LogP contribution in [0, 0.1) is 0 Å². The highest BCUT2D eigenvalue weighted by Gasteiger charge is 2.16. The molecule has 0 radical (unpaired) electrons. The molecule has 0 atom stereocenters. The number of hydrogen-bond donors (Lipinski definition) is 0. The smallest absolute Gasteiger partial charge is 0.191 e. The van der Waals surface area contributed by atoms with Crippen molar-refractivity contribution in [2.75, 3.05) is 5.75 Å². The van der Waals surface area contributed by atoms with Crippen LogP contribution >= 0.6 is 27.7 Å². The van der Waals surface area contributed by atoms with Crippen molar-refractivity contribution in [3.63, 3.8) is 0 Å². The van der Waals surface area contributed by atoms with Crippen molar-refractivity contribution in [2.45, 2.75) is 37.4 Å². The number of carbonyl (C=O) groups excluding carboxylic acids is 1. The van der Waals surface area contributed by atoms with Crippen LogP contribution in [-0.4, -0.2) is 26.3 Å². The molecule has 1 aliphatic rings. The van der Waals surface area contributed by atoms with E-state index in [1.807, 2.05) is 24.3 Å². The maximum atomic E-state index is 12.2. The van der Waals surface area contributed by atoms with Gasteiger partial charge in [-0.1, -0.05) is 46.2 Å². The summed E-state index contributed by atoms with van der Waals surface area (Å²) in [6.45, 7) is 0.969. The largest absolute Gasteiger partial charge is 0.306 e. The highest BCUT2D eigenvalue weighted by molar-refractivity contribution is 9.10. The second kappa shape index (κ2) is 6.75. The third kappa shape index (κ3) is 3.55. The molecule has 1 aliphatic heterocycles. The summed E-state index contributed by atoms with van der Waals surface area (Å²) in [6, 6.07) is 7.47. The van der Waals surface area contributed by atoms with Crippen LogP contribution in [0.2, 0.25) is 0 Å².